The lowest BCUT2D eigenvalue weighted by Gasteiger charge is -2.39. The molecule has 400 valence electrons. The summed E-state index contributed by atoms with van der Waals surface area (Å²) in [6, 6.07) is 10.0. The molecule has 2 saturated heterocycles. The zero-order valence-corrected chi connectivity index (χ0v) is 43.8. The van der Waals surface area contributed by atoms with E-state index in [1.54, 1.807) is 48.2 Å². The normalized spacial score (nSPS) is 19.7. The molecule has 2 N–H and O–H groups in total. The summed E-state index contributed by atoms with van der Waals surface area (Å²) in [6.07, 6.45) is -6.54. The van der Waals surface area contributed by atoms with E-state index in [-0.39, 0.29) is 86.0 Å². The second kappa shape index (κ2) is 22.5. The van der Waals surface area contributed by atoms with Crippen LogP contribution in [0.25, 0.3) is 33.3 Å². The zero-order chi connectivity index (χ0) is 54.0. The van der Waals surface area contributed by atoms with Crippen LogP contribution in [0.3, 0.4) is 0 Å². The molecule has 1 unspecified atom stereocenters. The Morgan fingerprint density at radius 3 is 2.43 bits per heavy atom. The van der Waals surface area contributed by atoms with Crippen LogP contribution >= 0.6 is 0 Å². The molecule has 0 spiro atoms. The second-order valence-corrected chi connectivity index (χ2v) is 21.6. The van der Waals surface area contributed by atoms with Crippen LogP contribution in [0.2, 0.25) is 0 Å². The number of nitrogens with one attached hydrogen (secondary N) is 2. The first kappa shape index (κ1) is 55.8. The molecule has 0 aliphatic carbocycles. The van der Waals surface area contributed by atoms with Crippen LogP contribution in [0.5, 0.6) is 0 Å². The van der Waals surface area contributed by atoms with Crippen LogP contribution in [0, 0.1) is 29.1 Å². The number of ether oxygens (including phenoxy) is 3. The van der Waals surface area contributed by atoms with E-state index in [0.29, 0.717) is 46.2 Å². The van der Waals surface area contributed by atoms with Crippen molar-refractivity contribution >= 4 is 34.6 Å². The Morgan fingerprint density at radius 1 is 1.04 bits per heavy atom. The maximum Gasteiger partial charge on any atom is 0.406 e. The van der Waals surface area contributed by atoms with Crippen molar-refractivity contribution in [2.75, 3.05) is 54.1 Å². The summed E-state index contributed by atoms with van der Waals surface area (Å²) in [5, 5.41) is 4.59. The van der Waals surface area contributed by atoms with Gasteiger partial charge in [0.15, 0.2) is 0 Å². The lowest BCUT2D eigenvalue weighted by atomic mass is 9.84. The molecule has 3 aliphatic rings. The fourth-order valence-corrected chi connectivity index (χ4v) is 9.45. The highest BCUT2D eigenvalue weighted by molar-refractivity contribution is 5.96. The summed E-state index contributed by atoms with van der Waals surface area (Å²) < 4.78 is 93.2. The quantitative estimate of drug-likeness (QED) is 0.0812. The fraction of sp³-hybridized carbons (Fsp3) is 0.545. The molecule has 2 aromatic carbocycles. The summed E-state index contributed by atoms with van der Waals surface area (Å²) in [4.78, 5) is 63.9. The summed E-state index contributed by atoms with van der Waals surface area (Å²) in [5.41, 5.74) is 3.96. The maximum absolute atomic E-state index is 15.0. The van der Waals surface area contributed by atoms with Crippen molar-refractivity contribution in [2.45, 2.75) is 123 Å². The Kier molecular flexibility index (Phi) is 17.0. The average Bonchev–Trinajstić information content (AvgIpc) is 3.61. The molecule has 2 aromatic heterocycles. The second-order valence-electron chi connectivity index (χ2n) is 21.6. The number of carbonyl (C=O) groups is 4. The Hall–Kier alpha value is -5.94. The number of pyridine rings is 1. The number of likely N-dealkylation sites (tertiary alicyclic amines) is 1. The molecule has 0 radical (unpaired) electrons. The monoisotopic (exact) mass is 1030 g/mol. The lowest BCUT2D eigenvalue weighted by Crippen LogP contribution is -2.61. The molecular formula is C55H68F5N7O7. The van der Waals surface area contributed by atoms with Crippen LogP contribution in [0.15, 0.2) is 54.7 Å². The van der Waals surface area contributed by atoms with Gasteiger partial charge in [0.05, 0.1) is 48.3 Å². The first-order chi connectivity index (χ1) is 34.7. The average molecular weight is 1030 g/mol. The van der Waals surface area contributed by atoms with Gasteiger partial charge in [-0.1, -0.05) is 51.8 Å². The van der Waals surface area contributed by atoms with Gasteiger partial charge in [-0.3, -0.25) is 34.1 Å². The van der Waals surface area contributed by atoms with Gasteiger partial charge in [0.1, 0.15) is 18.6 Å². The van der Waals surface area contributed by atoms with Crippen LogP contribution < -0.4 is 10.7 Å². The number of aromatic nitrogens is 2. The predicted octanol–water partition coefficient (Wildman–Crippen LogP) is 8.07. The third-order valence-corrected chi connectivity index (χ3v) is 14.4. The number of benzene rings is 2. The number of nitrogens with zero attached hydrogens (tertiary/aromatic N) is 5. The van der Waals surface area contributed by atoms with E-state index in [9.17, 15) is 41.1 Å². The maximum atomic E-state index is 15.0. The third kappa shape index (κ3) is 12.9. The van der Waals surface area contributed by atoms with E-state index >= 15 is 0 Å². The van der Waals surface area contributed by atoms with Crippen molar-refractivity contribution in [2.24, 2.45) is 17.3 Å². The highest BCUT2D eigenvalue weighted by Gasteiger charge is 2.39. The van der Waals surface area contributed by atoms with Gasteiger partial charge in [0.25, 0.3) is 18.2 Å². The molecular weight excluding hydrogens is 966 g/mol. The van der Waals surface area contributed by atoms with E-state index in [1.165, 1.54) is 35.0 Å². The molecule has 7 rings (SSSR count). The number of hydrazine groups is 1. The molecule has 3 amide bonds. The number of amides is 3. The van der Waals surface area contributed by atoms with Gasteiger partial charge < -0.3 is 29.0 Å². The highest BCUT2D eigenvalue weighted by Crippen LogP contribution is 2.43. The Balaban J connectivity index is 1.28. The number of cyclic esters (lactones) is 1. The number of alkyl halides is 5. The van der Waals surface area contributed by atoms with Gasteiger partial charge >= 0.3 is 12.1 Å². The lowest BCUT2D eigenvalue weighted by molar-refractivity contribution is -0.155. The number of hydrogen-bond donors (Lipinski definition) is 2. The molecule has 0 saturated carbocycles. The Bertz CT molecular complexity index is 2790. The van der Waals surface area contributed by atoms with Crippen LogP contribution in [0.4, 0.5) is 22.0 Å². The van der Waals surface area contributed by atoms with E-state index < -0.39 is 72.0 Å². The number of carbonyl (C=O) groups excluding carboxylic acids is 4. The largest absolute Gasteiger partial charge is 0.464 e. The fourth-order valence-electron chi connectivity index (χ4n) is 9.45. The van der Waals surface area contributed by atoms with Crippen LogP contribution in [0.1, 0.15) is 96.2 Å². The number of rotatable bonds is 12. The molecule has 4 aromatic rings. The molecule has 6 bridgehead atoms. The van der Waals surface area contributed by atoms with Gasteiger partial charge in [-0.05, 0) is 119 Å². The third-order valence-electron chi connectivity index (χ3n) is 14.4. The van der Waals surface area contributed by atoms with Crippen LogP contribution in [-0.2, 0) is 52.8 Å². The smallest absolute Gasteiger partial charge is 0.406 e. The molecule has 19 heteroatoms. The summed E-state index contributed by atoms with van der Waals surface area (Å²) in [6.45, 7) is 12.0. The molecule has 3 aliphatic heterocycles. The predicted molar refractivity (Wildman–Crippen MR) is 269 cm³/mol. The standard InChI is InChI=1S/C55H68F5N7O7/c1-32(2)42(29-73-38-27-65(28-38)46(68)17-18-54(6,7)64(8)9)50(69)62-44-23-34-21-36(24-37(22-34)49(56)57)35-15-16-45-40(25-35)41(26-53(4,5)31-74-52(71)43-14-12-20-67(63-43)51(44)70)48(66(45)30-55(58,59)60)39-13-11-19-61-47(39)33(3)72-10/h11,13,15-16,19,21-22,24-25,32-33,38,42-44,49,63H,12,14,20,23,26-31H2,1-10H3,(H,62,69)/t33?,42-,43-,44-/m0/s1. The molecule has 14 nitrogen and oxygen atoms in total. The van der Waals surface area contributed by atoms with E-state index in [2.05, 4.69) is 27.6 Å². The molecule has 4 atom stereocenters. The van der Waals surface area contributed by atoms with E-state index in [1.807, 2.05) is 60.5 Å². The number of hydrogen-bond acceptors (Lipinski definition) is 10. The first-order valence-electron chi connectivity index (χ1n) is 25.0. The summed E-state index contributed by atoms with van der Waals surface area (Å²) in [5.74, 6) is 2.51. The highest BCUT2D eigenvalue weighted by atomic mass is 19.4. The van der Waals surface area contributed by atoms with Crippen molar-refractivity contribution in [1.82, 2.24) is 35.1 Å². The Labute approximate surface area is 429 Å². The minimum absolute atomic E-state index is 0.0436. The van der Waals surface area contributed by atoms with Gasteiger partial charge in [-0.15, -0.1) is 0 Å². The number of fused-ring (bicyclic) bond motifs is 6. The summed E-state index contributed by atoms with van der Waals surface area (Å²) in [7, 11) is 5.23. The molecule has 2 fully saturated rings. The first-order valence-corrected chi connectivity index (χ1v) is 25.0. The van der Waals surface area contributed by atoms with Crippen molar-refractivity contribution in [3.8, 4) is 34.2 Å². The van der Waals surface area contributed by atoms with E-state index in [0.717, 1.165) is 0 Å². The number of esters is 1. The number of methoxy groups -OCH3 is 1. The van der Waals surface area contributed by atoms with Gasteiger partial charge in [0, 0.05) is 66.8 Å². The minimum atomic E-state index is -4.67. The van der Waals surface area contributed by atoms with Crippen molar-refractivity contribution < 1.29 is 55.3 Å². The van der Waals surface area contributed by atoms with Gasteiger partial charge in [-0.25, -0.2) is 14.2 Å². The van der Waals surface area contributed by atoms with Gasteiger partial charge in [-0.2, -0.15) is 13.2 Å². The van der Waals surface area contributed by atoms with Crippen molar-refractivity contribution in [1.29, 1.82) is 0 Å². The SMILES string of the molecule is COC(C)c1ncccc1-c1c2c3cc(ccc3n1CC(F)(F)F)-c1cc(cc(C(F)F)c1)C[C@H](NC(=O)[C@@H](COC1CN(C(=O)C#CC(C)(C)N(C)C)C1)C(C)C)C(=O)N1CCC[C@H](N1)C(=O)OCC(C)(C)C2. The van der Waals surface area contributed by atoms with Crippen molar-refractivity contribution in [3.05, 3.63) is 77.1 Å². The summed E-state index contributed by atoms with van der Waals surface area (Å²) >= 11 is 0. The Morgan fingerprint density at radius 2 is 1.77 bits per heavy atom. The minimum Gasteiger partial charge on any atom is -0.464 e. The van der Waals surface area contributed by atoms with Crippen molar-refractivity contribution in [3.63, 3.8) is 0 Å². The molecule has 74 heavy (non-hydrogen) atoms. The number of halogens is 5. The topological polar surface area (TPSA) is 148 Å². The van der Waals surface area contributed by atoms with Gasteiger partial charge in [0.2, 0.25) is 5.91 Å². The zero-order valence-electron chi connectivity index (χ0n) is 43.8. The van der Waals surface area contributed by atoms with Crippen LogP contribution in [-0.4, -0.2) is 132 Å². The molecule has 5 heterocycles. The van der Waals surface area contributed by atoms with E-state index in [4.69, 9.17) is 14.2 Å².